The molecule has 0 N–H and O–H groups in total. The number of hydrogen-bond acceptors (Lipinski definition) is 4. The Labute approximate surface area is 173 Å². The van der Waals surface area contributed by atoms with E-state index < -0.39 is 8.32 Å². The maximum absolute atomic E-state index is 12.5. The molecule has 164 valence electrons. The number of amides is 1. The van der Waals surface area contributed by atoms with Gasteiger partial charge in [-0.25, -0.2) is 0 Å². The molecular weight excluding hydrogens is 370 g/mol. The summed E-state index contributed by atoms with van der Waals surface area (Å²) in [6.45, 7) is 16.5. The topological polar surface area (TPSA) is 55.8 Å². The van der Waals surface area contributed by atoms with Crippen molar-refractivity contribution >= 4 is 20.2 Å². The van der Waals surface area contributed by atoms with Gasteiger partial charge in [0.2, 0.25) is 5.91 Å². The molecule has 1 heterocycles. The van der Waals surface area contributed by atoms with Crippen molar-refractivity contribution in [3.63, 3.8) is 0 Å². The van der Waals surface area contributed by atoms with E-state index in [1.807, 2.05) is 13.8 Å². The molecule has 0 bridgehead atoms. The van der Waals surface area contributed by atoms with Gasteiger partial charge in [-0.05, 0) is 57.7 Å². The molecular formula is C22H43NO4Si. The first-order valence-corrected chi connectivity index (χ1v) is 14.0. The van der Waals surface area contributed by atoms with Crippen molar-refractivity contribution < 1.29 is 18.8 Å². The van der Waals surface area contributed by atoms with Gasteiger partial charge in [0.15, 0.2) is 8.32 Å². The lowest BCUT2D eigenvalue weighted by Gasteiger charge is -2.41. The number of unbranched alkanes of at least 4 members (excludes halogenated alkanes) is 3. The van der Waals surface area contributed by atoms with Gasteiger partial charge >= 0.3 is 5.97 Å². The molecule has 0 aromatic rings. The van der Waals surface area contributed by atoms with E-state index in [0.717, 1.165) is 45.1 Å². The molecule has 0 aromatic heterocycles. The molecule has 28 heavy (non-hydrogen) atoms. The van der Waals surface area contributed by atoms with Gasteiger partial charge in [-0.2, -0.15) is 0 Å². The van der Waals surface area contributed by atoms with Crippen LogP contribution < -0.4 is 0 Å². The maximum Gasteiger partial charge on any atom is 0.306 e. The van der Waals surface area contributed by atoms with Crippen molar-refractivity contribution in [2.75, 3.05) is 13.2 Å². The molecule has 1 saturated heterocycles. The molecule has 1 aliphatic rings. The molecule has 1 fully saturated rings. The fraction of sp³-hybridized carbons (Fsp3) is 0.909. The first kappa shape index (κ1) is 25.2. The van der Waals surface area contributed by atoms with Crippen molar-refractivity contribution in [3.05, 3.63) is 0 Å². The lowest BCUT2D eigenvalue weighted by atomic mass is 10.0. The molecule has 0 aliphatic carbocycles. The standard InChI is InChI=1S/C22H43NO4Si/c1-18(2)27-21(25)15-10-8-9-11-16-23-19(13-12-14-20(23)24)17-26-28(6,7)22(3,4)5/h18-19H,8-17H2,1-7H3. The number of esters is 1. The molecule has 1 aliphatic heterocycles. The van der Waals surface area contributed by atoms with Crippen LogP contribution in [-0.2, 0) is 18.8 Å². The number of rotatable bonds is 11. The molecule has 1 atom stereocenters. The summed E-state index contributed by atoms with van der Waals surface area (Å²) < 4.78 is 11.6. The highest BCUT2D eigenvalue weighted by atomic mass is 28.4. The van der Waals surface area contributed by atoms with Crippen molar-refractivity contribution in [1.29, 1.82) is 0 Å². The van der Waals surface area contributed by atoms with Crippen LogP contribution in [0.25, 0.3) is 0 Å². The molecule has 0 saturated carbocycles. The van der Waals surface area contributed by atoms with Crippen molar-refractivity contribution in [2.45, 2.75) is 116 Å². The van der Waals surface area contributed by atoms with Crippen LogP contribution in [0, 0.1) is 0 Å². The zero-order valence-corrected chi connectivity index (χ0v) is 20.3. The predicted octanol–water partition coefficient (Wildman–Crippen LogP) is 5.29. The van der Waals surface area contributed by atoms with Gasteiger partial charge in [0, 0.05) is 19.4 Å². The number of nitrogens with zero attached hydrogens (tertiary/aromatic N) is 1. The van der Waals surface area contributed by atoms with Gasteiger partial charge in [-0.1, -0.05) is 33.6 Å². The van der Waals surface area contributed by atoms with Gasteiger partial charge in [0.1, 0.15) is 0 Å². The summed E-state index contributed by atoms with van der Waals surface area (Å²) in [6, 6.07) is 0.219. The summed E-state index contributed by atoms with van der Waals surface area (Å²) in [7, 11) is -1.79. The number of likely N-dealkylation sites (tertiary alicyclic amines) is 1. The third-order valence-corrected chi connectivity index (χ3v) is 10.5. The summed E-state index contributed by atoms with van der Waals surface area (Å²) >= 11 is 0. The number of carbonyl (C=O) groups excluding carboxylic acids is 2. The van der Waals surface area contributed by atoms with Gasteiger partial charge in [-0.3, -0.25) is 9.59 Å². The summed E-state index contributed by atoms with van der Waals surface area (Å²) in [4.78, 5) is 26.1. The van der Waals surface area contributed by atoms with Gasteiger partial charge < -0.3 is 14.1 Å². The van der Waals surface area contributed by atoms with Crippen molar-refractivity contribution in [2.24, 2.45) is 0 Å². The third-order valence-electron chi connectivity index (χ3n) is 6.03. The Bertz CT molecular complexity index is 499. The second-order valence-electron chi connectivity index (χ2n) is 9.91. The Morgan fingerprint density at radius 1 is 1.18 bits per heavy atom. The highest BCUT2D eigenvalue weighted by Gasteiger charge is 2.38. The van der Waals surface area contributed by atoms with Crippen LogP contribution >= 0.6 is 0 Å². The lowest BCUT2D eigenvalue weighted by Crippen LogP contribution is -2.50. The molecule has 5 nitrogen and oxygen atoms in total. The Hall–Kier alpha value is -0.883. The normalized spacial score (nSPS) is 18.6. The predicted molar refractivity (Wildman–Crippen MR) is 117 cm³/mol. The minimum atomic E-state index is -1.79. The minimum absolute atomic E-state index is 0.0388. The van der Waals surface area contributed by atoms with E-state index >= 15 is 0 Å². The smallest absolute Gasteiger partial charge is 0.306 e. The quantitative estimate of drug-likeness (QED) is 0.262. The van der Waals surface area contributed by atoms with Gasteiger partial charge in [0.25, 0.3) is 0 Å². The molecule has 0 aromatic carbocycles. The largest absolute Gasteiger partial charge is 0.463 e. The zero-order chi connectivity index (χ0) is 21.4. The zero-order valence-electron chi connectivity index (χ0n) is 19.3. The average Bonchev–Trinajstić information content (AvgIpc) is 2.56. The van der Waals surface area contributed by atoms with Gasteiger partial charge in [-0.15, -0.1) is 0 Å². The van der Waals surface area contributed by atoms with Crippen molar-refractivity contribution in [1.82, 2.24) is 4.90 Å². The highest BCUT2D eigenvalue weighted by Crippen LogP contribution is 2.37. The second-order valence-corrected chi connectivity index (χ2v) is 14.7. The highest BCUT2D eigenvalue weighted by molar-refractivity contribution is 6.74. The van der Waals surface area contributed by atoms with Crippen LogP contribution in [-0.4, -0.2) is 50.4 Å². The Morgan fingerprint density at radius 2 is 1.82 bits per heavy atom. The van der Waals surface area contributed by atoms with Gasteiger partial charge in [0.05, 0.1) is 18.8 Å². The average molecular weight is 414 g/mol. The number of hydrogen-bond donors (Lipinski definition) is 0. The second kappa shape index (κ2) is 11.3. The SMILES string of the molecule is CC(C)OC(=O)CCCCCCN1C(=O)CCCC1CO[Si](C)(C)C(C)(C)C. The molecule has 1 unspecified atom stereocenters. The van der Waals surface area contributed by atoms with E-state index in [4.69, 9.17) is 9.16 Å². The summed E-state index contributed by atoms with van der Waals surface area (Å²) in [6.07, 6.45) is 7.01. The monoisotopic (exact) mass is 413 g/mol. The van der Waals surface area contributed by atoms with E-state index in [2.05, 4.69) is 38.8 Å². The molecule has 0 spiro atoms. The van der Waals surface area contributed by atoms with Crippen LogP contribution in [0.15, 0.2) is 0 Å². The number of carbonyl (C=O) groups is 2. The fourth-order valence-electron chi connectivity index (χ4n) is 3.22. The van der Waals surface area contributed by atoms with E-state index in [0.29, 0.717) is 19.4 Å². The third kappa shape index (κ3) is 8.64. The van der Waals surface area contributed by atoms with E-state index in [1.54, 1.807) is 0 Å². The van der Waals surface area contributed by atoms with E-state index in [1.165, 1.54) is 0 Å². The molecule has 0 radical (unpaired) electrons. The molecule has 6 heteroatoms. The van der Waals surface area contributed by atoms with Crippen LogP contribution in [0.4, 0.5) is 0 Å². The summed E-state index contributed by atoms with van der Waals surface area (Å²) in [5.74, 6) is 0.166. The van der Waals surface area contributed by atoms with E-state index in [-0.39, 0.29) is 29.1 Å². The van der Waals surface area contributed by atoms with E-state index in [9.17, 15) is 9.59 Å². The molecule has 1 amide bonds. The summed E-state index contributed by atoms with van der Waals surface area (Å²) in [5, 5.41) is 0.188. The first-order valence-electron chi connectivity index (χ1n) is 11.1. The number of piperidine rings is 1. The minimum Gasteiger partial charge on any atom is -0.463 e. The lowest BCUT2D eigenvalue weighted by molar-refractivity contribution is -0.147. The van der Waals surface area contributed by atoms with Crippen LogP contribution in [0.2, 0.25) is 18.1 Å². The first-order chi connectivity index (χ1) is 12.9. The summed E-state index contributed by atoms with van der Waals surface area (Å²) in [5.41, 5.74) is 0. The van der Waals surface area contributed by atoms with Crippen LogP contribution in [0.3, 0.4) is 0 Å². The fourth-order valence-corrected chi connectivity index (χ4v) is 4.26. The maximum atomic E-state index is 12.5. The van der Waals surface area contributed by atoms with Crippen LogP contribution in [0.5, 0.6) is 0 Å². The number of ether oxygens (including phenoxy) is 1. The Morgan fingerprint density at radius 3 is 2.43 bits per heavy atom. The Kier molecular flexibility index (Phi) is 10.2. The Balaban J connectivity index is 2.38. The van der Waals surface area contributed by atoms with Crippen LogP contribution in [0.1, 0.15) is 86.0 Å². The molecule has 1 rings (SSSR count). The van der Waals surface area contributed by atoms with Crippen molar-refractivity contribution in [3.8, 4) is 0 Å².